The predicted molar refractivity (Wildman–Crippen MR) is 148 cm³/mol. The van der Waals surface area contributed by atoms with Crippen molar-refractivity contribution in [3.05, 3.63) is 85.6 Å². The van der Waals surface area contributed by atoms with Crippen LogP contribution in [0.15, 0.2) is 69.5 Å². The first kappa shape index (κ1) is 26.1. The highest BCUT2D eigenvalue weighted by molar-refractivity contribution is 9.10. The first-order valence-electron chi connectivity index (χ1n) is 12.9. The molecule has 3 aliphatic rings. The molecule has 0 unspecified atom stereocenters. The van der Waals surface area contributed by atoms with Gasteiger partial charge in [0.2, 0.25) is 0 Å². The van der Waals surface area contributed by atoms with Crippen LogP contribution in [0.5, 0.6) is 5.75 Å². The van der Waals surface area contributed by atoms with Gasteiger partial charge in [-0.25, -0.2) is 4.79 Å². The molecule has 0 saturated heterocycles. The van der Waals surface area contributed by atoms with Crippen LogP contribution in [0.3, 0.4) is 0 Å². The lowest BCUT2D eigenvalue weighted by atomic mass is 9.71. The number of Topliss-reactive ketones (excluding diaryl/α,β-unsaturated/α-hetero) is 1. The Labute approximate surface area is 231 Å². The lowest BCUT2D eigenvalue weighted by Crippen LogP contribution is -2.37. The molecule has 0 aromatic heterocycles. The number of esters is 1. The number of benzene rings is 2. The number of methoxy groups -OCH3 is 1. The first-order valence-corrected chi connectivity index (χ1v) is 14.1. The second-order valence-corrected chi connectivity index (χ2v) is 11.4. The number of carbonyl (C=O) groups is 2. The summed E-state index contributed by atoms with van der Waals surface area (Å²) >= 11 is 9.68. The van der Waals surface area contributed by atoms with E-state index in [1.54, 1.807) is 7.11 Å². The molecule has 194 valence electrons. The zero-order valence-electron chi connectivity index (χ0n) is 21.1. The number of ketones is 1. The normalized spacial score (nSPS) is 22.4. The molecule has 1 fully saturated rings. The quantitative estimate of drug-likeness (QED) is 0.372. The molecule has 5 nitrogen and oxygen atoms in total. The highest BCUT2D eigenvalue weighted by Gasteiger charge is 2.42. The average molecular weight is 585 g/mol. The monoisotopic (exact) mass is 583 g/mol. The van der Waals surface area contributed by atoms with Crippen LogP contribution >= 0.6 is 27.5 Å². The van der Waals surface area contributed by atoms with E-state index in [1.807, 2.05) is 49.4 Å². The molecule has 2 atom stereocenters. The molecule has 2 aromatic carbocycles. The molecule has 1 N–H and O–H groups in total. The van der Waals surface area contributed by atoms with Crippen LogP contribution in [0, 0.1) is 0 Å². The van der Waals surface area contributed by atoms with E-state index in [0.29, 0.717) is 34.8 Å². The average Bonchev–Trinajstić information content (AvgIpc) is 2.88. The van der Waals surface area contributed by atoms with E-state index in [9.17, 15) is 9.59 Å². The number of nitrogens with one attached hydrogen (secondary N) is 1. The minimum absolute atomic E-state index is 0.0427. The van der Waals surface area contributed by atoms with Crippen LogP contribution in [0.2, 0.25) is 5.02 Å². The third-order valence-electron chi connectivity index (χ3n) is 7.72. The second-order valence-electron chi connectivity index (χ2n) is 10.1. The van der Waals surface area contributed by atoms with Gasteiger partial charge in [0.1, 0.15) is 11.9 Å². The van der Waals surface area contributed by atoms with Gasteiger partial charge in [-0.1, -0.05) is 36.2 Å². The van der Waals surface area contributed by atoms with Gasteiger partial charge in [0, 0.05) is 34.3 Å². The van der Waals surface area contributed by atoms with E-state index in [4.69, 9.17) is 21.1 Å². The van der Waals surface area contributed by atoms with Crippen molar-refractivity contribution in [3.63, 3.8) is 0 Å². The predicted octanol–water partition coefficient (Wildman–Crippen LogP) is 7.35. The zero-order valence-corrected chi connectivity index (χ0v) is 23.5. The van der Waals surface area contributed by atoms with Crippen LogP contribution < -0.4 is 10.1 Å². The molecule has 2 aromatic rings. The second kappa shape index (κ2) is 11.0. The van der Waals surface area contributed by atoms with Gasteiger partial charge in [0.15, 0.2) is 5.78 Å². The summed E-state index contributed by atoms with van der Waals surface area (Å²) in [6.45, 7) is 1.91. The minimum Gasteiger partial charge on any atom is -0.496 e. The molecule has 1 saturated carbocycles. The SMILES string of the molecule is COc1ccc([C@@H]2C(C(=O)OC3CCCCC3)=C(C)NC3=C2C(=O)C[C@H](c2ccc(Cl)cc2)C3)cc1Br. The van der Waals surface area contributed by atoms with Gasteiger partial charge < -0.3 is 14.8 Å². The van der Waals surface area contributed by atoms with Gasteiger partial charge in [0.05, 0.1) is 17.2 Å². The molecule has 0 spiro atoms. The van der Waals surface area contributed by atoms with Gasteiger partial charge in [-0.2, -0.15) is 0 Å². The van der Waals surface area contributed by atoms with Crippen LogP contribution in [0.1, 0.15) is 74.8 Å². The minimum atomic E-state index is -0.506. The van der Waals surface area contributed by atoms with Gasteiger partial charge in [-0.3, -0.25) is 4.79 Å². The Bertz CT molecular complexity index is 1280. The Kier molecular flexibility index (Phi) is 7.77. The zero-order chi connectivity index (χ0) is 26.1. The van der Waals surface area contributed by atoms with Crippen molar-refractivity contribution in [2.45, 2.75) is 69.8 Å². The Hall–Kier alpha value is -2.57. The maximum atomic E-state index is 13.8. The van der Waals surface area contributed by atoms with Crippen LogP contribution in [-0.4, -0.2) is 25.0 Å². The number of rotatable bonds is 5. The number of allylic oxidation sites excluding steroid dienone is 3. The number of ether oxygens (including phenoxy) is 2. The molecule has 37 heavy (non-hydrogen) atoms. The fourth-order valence-electron chi connectivity index (χ4n) is 5.87. The molecule has 5 rings (SSSR count). The molecule has 2 aliphatic carbocycles. The summed E-state index contributed by atoms with van der Waals surface area (Å²) < 4.78 is 12.2. The molecule has 1 aliphatic heterocycles. The van der Waals surface area contributed by atoms with Crippen LogP contribution in [-0.2, 0) is 14.3 Å². The number of carbonyl (C=O) groups excluding carboxylic acids is 2. The standard InChI is InChI=1S/C30H31BrClNO4/c1-17-27(30(35)37-22-6-4-3-5-7-22)28(19-10-13-26(36-2)23(31)14-19)29-24(33-17)15-20(16-25(29)34)18-8-11-21(32)12-9-18/h8-14,20,22,28,33H,3-7,15-16H2,1-2H3/t20-,28-/m1/s1. The lowest BCUT2D eigenvalue weighted by Gasteiger charge is -2.37. The summed E-state index contributed by atoms with van der Waals surface area (Å²) in [5.74, 6) is -0.0677. The van der Waals surface area contributed by atoms with E-state index >= 15 is 0 Å². The van der Waals surface area contributed by atoms with E-state index in [0.717, 1.165) is 52.7 Å². The summed E-state index contributed by atoms with van der Waals surface area (Å²) in [5.41, 5.74) is 4.72. The first-order chi connectivity index (χ1) is 17.9. The van der Waals surface area contributed by atoms with E-state index in [2.05, 4.69) is 21.2 Å². The topological polar surface area (TPSA) is 64.6 Å². The van der Waals surface area contributed by atoms with Crippen LogP contribution in [0.4, 0.5) is 0 Å². The largest absolute Gasteiger partial charge is 0.496 e. The van der Waals surface area contributed by atoms with Crippen molar-refractivity contribution in [3.8, 4) is 5.75 Å². The molecule has 0 amide bonds. The van der Waals surface area contributed by atoms with Crippen molar-refractivity contribution in [1.82, 2.24) is 5.32 Å². The highest BCUT2D eigenvalue weighted by atomic mass is 79.9. The Balaban J connectivity index is 1.54. The van der Waals surface area contributed by atoms with Gasteiger partial charge in [0.25, 0.3) is 0 Å². The fraction of sp³-hybridized carbons (Fsp3) is 0.400. The summed E-state index contributed by atoms with van der Waals surface area (Å²) in [7, 11) is 1.61. The van der Waals surface area contributed by atoms with Crippen LogP contribution in [0.25, 0.3) is 0 Å². The third kappa shape index (κ3) is 5.37. The van der Waals surface area contributed by atoms with Gasteiger partial charge in [-0.15, -0.1) is 0 Å². The Morgan fingerprint density at radius 2 is 1.73 bits per heavy atom. The van der Waals surface area contributed by atoms with Crippen molar-refractivity contribution < 1.29 is 19.1 Å². The van der Waals surface area contributed by atoms with Crippen molar-refractivity contribution in [2.24, 2.45) is 0 Å². The number of hydrogen-bond acceptors (Lipinski definition) is 5. The molecular weight excluding hydrogens is 554 g/mol. The number of halogens is 2. The summed E-state index contributed by atoms with van der Waals surface area (Å²) in [5, 5.41) is 4.11. The van der Waals surface area contributed by atoms with Gasteiger partial charge >= 0.3 is 5.97 Å². The van der Waals surface area contributed by atoms with Crippen molar-refractivity contribution in [1.29, 1.82) is 0 Å². The van der Waals surface area contributed by atoms with E-state index in [1.165, 1.54) is 6.42 Å². The Morgan fingerprint density at radius 3 is 2.41 bits per heavy atom. The molecule has 7 heteroatoms. The molecule has 1 heterocycles. The number of dihydropyridines is 1. The number of hydrogen-bond donors (Lipinski definition) is 1. The van der Waals surface area contributed by atoms with E-state index < -0.39 is 5.92 Å². The fourth-order valence-corrected chi connectivity index (χ4v) is 6.56. The lowest BCUT2D eigenvalue weighted by molar-refractivity contribution is -0.146. The van der Waals surface area contributed by atoms with Gasteiger partial charge in [-0.05, 0) is 96.3 Å². The highest BCUT2D eigenvalue weighted by Crippen LogP contribution is 2.47. The summed E-state index contributed by atoms with van der Waals surface area (Å²) in [6.07, 6.45) is 6.08. The van der Waals surface area contributed by atoms with Crippen molar-refractivity contribution in [2.75, 3.05) is 7.11 Å². The smallest absolute Gasteiger partial charge is 0.337 e. The summed E-state index contributed by atoms with van der Waals surface area (Å²) in [4.78, 5) is 27.5. The molecule has 0 radical (unpaired) electrons. The Morgan fingerprint density at radius 1 is 1.03 bits per heavy atom. The molecule has 0 bridgehead atoms. The maximum Gasteiger partial charge on any atom is 0.337 e. The van der Waals surface area contributed by atoms with Crippen molar-refractivity contribution >= 4 is 39.3 Å². The van der Waals surface area contributed by atoms with E-state index in [-0.39, 0.29) is 23.8 Å². The summed E-state index contributed by atoms with van der Waals surface area (Å²) in [6, 6.07) is 13.4. The maximum absolute atomic E-state index is 13.8. The molecular formula is C30H31BrClNO4. The third-order valence-corrected chi connectivity index (χ3v) is 8.60.